The first kappa shape index (κ1) is 31.4. The van der Waals surface area contributed by atoms with Crippen LogP contribution in [0.3, 0.4) is 0 Å². The van der Waals surface area contributed by atoms with Crippen LogP contribution in [0.4, 0.5) is 9.18 Å². The first-order valence-electron chi connectivity index (χ1n) is 17.5. The Morgan fingerprint density at radius 3 is 2.40 bits per heavy atom. The number of Topliss-reactive ketones (excluding diaryl/α,β-unsaturated/α-hetero) is 1. The summed E-state index contributed by atoms with van der Waals surface area (Å²) in [7, 11) is 2.04. The molecule has 3 saturated carbocycles. The van der Waals surface area contributed by atoms with E-state index in [1.54, 1.807) is 4.90 Å². The summed E-state index contributed by atoms with van der Waals surface area (Å²) in [5, 5.41) is 2.98. The van der Waals surface area contributed by atoms with Crippen LogP contribution < -0.4 is 5.32 Å². The second kappa shape index (κ2) is 12.1. The van der Waals surface area contributed by atoms with Crippen LogP contribution in [0.2, 0.25) is 0 Å². The van der Waals surface area contributed by atoms with Gasteiger partial charge in [0.1, 0.15) is 11.8 Å². The SMILES string of the molecule is CN1CCN(C(=O)C2=CN3C4CC5CCCCC5CC4OC4C(N5CCC(NC(=O)OC(C)(C)C)C5)C(F)CC(C2=O)C43)CC1. The van der Waals surface area contributed by atoms with E-state index >= 15 is 4.39 Å². The number of piperazine rings is 1. The Balaban J connectivity index is 1.17. The molecule has 10 nitrogen and oxygen atoms in total. The molecule has 10 atom stereocenters. The van der Waals surface area contributed by atoms with Gasteiger partial charge < -0.3 is 29.5 Å². The summed E-state index contributed by atoms with van der Waals surface area (Å²) in [6.07, 6.45) is 7.31. The molecule has 7 rings (SSSR count). The van der Waals surface area contributed by atoms with Crippen LogP contribution in [-0.4, -0.2) is 132 Å². The molecule has 3 aliphatic carbocycles. The van der Waals surface area contributed by atoms with Gasteiger partial charge in [-0.15, -0.1) is 0 Å². The van der Waals surface area contributed by atoms with E-state index in [1.807, 2.05) is 34.0 Å². The summed E-state index contributed by atoms with van der Waals surface area (Å²) >= 11 is 0. The minimum Gasteiger partial charge on any atom is -0.444 e. The molecule has 6 fully saturated rings. The van der Waals surface area contributed by atoms with Crippen molar-refractivity contribution in [1.29, 1.82) is 0 Å². The van der Waals surface area contributed by atoms with Gasteiger partial charge in [0.25, 0.3) is 5.91 Å². The summed E-state index contributed by atoms with van der Waals surface area (Å²) < 4.78 is 29.0. The normalized spacial score (nSPS) is 40.6. The fourth-order valence-corrected chi connectivity index (χ4v) is 9.69. The van der Waals surface area contributed by atoms with Crippen LogP contribution >= 0.6 is 0 Å². The van der Waals surface area contributed by atoms with Gasteiger partial charge in [0.2, 0.25) is 0 Å². The highest BCUT2D eigenvalue weighted by Gasteiger charge is 2.61. The monoisotopic (exact) mass is 629 g/mol. The summed E-state index contributed by atoms with van der Waals surface area (Å²) in [6, 6.07) is -0.859. The molecule has 250 valence electrons. The molecule has 4 aliphatic heterocycles. The maximum atomic E-state index is 16.5. The van der Waals surface area contributed by atoms with Crippen molar-refractivity contribution in [3.8, 4) is 0 Å². The lowest BCUT2D eigenvalue weighted by molar-refractivity contribution is -0.219. The van der Waals surface area contributed by atoms with E-state index in [0.29, 0.717) is 44.4 Å². The molecule has 3 saturated heterocycles. The molecule has 2 amide bonds. The largest absolute Gasteiger partial charge is 0.444 e. The highest BCUT2D eigenvalue weighted by atomic mass is 19.1. The van der Waals surface area contributed by atoms with E-state index in [4.69, 9.17) is 9.47 Å². The number of alkyl carbamates (subject to hydrolysis) is 1. The van der Waals surface area contributed by atoms with Crippen molar-refractivity contribution in [2.24, 2.45) is 17.8 Å². The number of halogens is 1. The van der Waals surface area contributed by atoms with Crippen LogP contribution in [0, 0.1) is 17.8 Å². The van der Waals surface area contributed by atoms with Gasteiger partial charge in [-0.05, 0) is 65.3 Å². The number of likely N-dealkylation sites (N-methyl/N-ethyl adjacent to an activating group) is 1. The van der Waals surface area contributed by atoms with Crippen molar-refractivity contribution in [3.63, 3.8) is 0 Å². The highest BCUT2D eigenvalue weighted by Crippen LogP contribution is 2.51. The third-order valence-electron chi connectivity index (χ3n) is 11.8. The number of likely N-dealkylation sites (tertiary alicyclic amines) is 1. The number of ether oxygens (including phenoxy) is 2. The lowest BCUT2D eigenvalue weighted by Crippen LogP contribution is -2.73. The standard InChI is InChI=1S/C34H52FN5O5/c1-34(2,3)45-33(43)36-22-9-10-39(18-22)29-25(35)17-23-28-31(29)44-27-16-21-8-6-5-7-20(21)15-26(27)40(28)19-24(30(23)41)32(42)38-13-11-37(4)12-14-38/h19-23,25-29,31H,5-18H2,1-4H3,(H,36,43). The number of nitrogens with one attached hydrogen (secondary N) is 1. The van der Waals surface area contributed by atoms with E-state index in [2.05, 4.69) is 20.0 Å². The van der Waals surface area contributed by atoms with Gasteiger partial charge in [-0.1, -0.05) is 25.7 Å². The van der Waals surface area contributed by atoms with Gasteiger partial charge in [-0.2, -0.15) is 0 Å². The predicted molar refractivity (Wildman–Crippen MR) is 166 cm³/mol. The van der Waals surface area contributed by atoms with Gasteiger partial charge in [0.15, 0.2) is 5.78 Å². The molecular formula is C34H52FN5O5. The molecule has 1 N–H and O–H groups in total. The third-order valence-corrected chi connectivity index (χ3v) is 11.8. The third kappa shape index (κ3) is 6.02. The first-order valence-corrected chi connectivity index (χ1v) is 17.5. The van der Waals surface area contributed by atoms with E-state index in [0.717, 1.165) is 25.9 Å². The average Bonchev–Trinajstić information content (AvgIpc) is 3.44. The maximum absolute atomic E-state index is 16.5. The molecule has 0 aromatic rings. The second-order valence-electron chi connectivity index (χ2n) is 15.9. The number of ketones is 1. The fraction of sp³-hybridized carbons (Fsp3) is 0.853. The van der Waals surface area contributed by atoms with Crippen molar-refractivity contribution in [2.75, 3.05) is 46.3 Å². The average molecular weight is 630 g/mol. The number of alkyl halides is 1. The molecule has 0 spiro atoms. The molecule has 4 heterocycles. The summed E-state index contributed by atoms with van der Waals surface area (Å²) in [5.41, 5.74) is -0.358. The van der Waals surface area contributed by atoms with Crippen LogP contribution in [0.1, 0.15) is 72.1 Å². The van der Waals surface area contributed by atoms with E-state index in [1.165, 1.54) is 25.7 Å². The van der Waals surface area contributed by atoms with E-state index in [9.17, 15) is 14.4 Å². The van der Waals surface area contributed by atoms with Crippen molar-refractivity contribution in [1.82, 2.24) is 24.9 Å². The number of hydrogen-bond acceptors (Lipinski definition) is 8. The smallest absolute Gasteiger partial charge is 0.407 e. The van der Waals surface area contributed by atoms with Gasteiger partial charge >= 0.3 is 6.09 Å². The number of morpholine rings is 1. The molecule has 11 heteroatoms. The quantitative estimate of drug-likeness (QED) is 0.477. The van der Waals surface area contributed by atoms with Gasteiger partial charge in [-0.25, -0.2) is 9.18 Å². The first-order chi connectivity index (χ1) is 21.5. The van der Waals surface area contributed by atoms with Crippen molar-refractivity contribution >= 4 is 17.8 Å². The zero-order chi connectivity index (χ0) is 31.6. The Morgan fingerprint density at radius 1 is 0.978 bits per heavy atom. The Bertz CT molecular complexity index is 1200. The van der Waals surface area contributed by atoms with E-state index in [-0.39, 0.29) is 47.9 Å². The zero-order valence-corrected chi connectivity index (χ0v) is 27.5. The number of carbonyl (C=O) groups is 3. The minimum absolute atomic E-state index is 0.0539. The van der Waals surface area contributed by atoms with Crippen molar-refractivity contribution < 1.29 is 28.2 Å². The van der Waals surface area contributed by atoms with Crippen LogP contribution in [0.5, 0.6) is 0 Å². The lowest BCUT2D eigenvalue weighted by Gasteiger charge is -2.61. The Morgan fingerprint density at radius 2 is 1.69 bits per heavy atom. The molecule has 45 heavy (non-hydrogen) atoms. The zero-order valence-electron chi connectivity index (χ0n) is 27.5. The summed E-state index contributed by atoms with van der Waals surface area (Å²) in [5.74, 6) is 0.219. The topological polar surface area (TPSA) is 94.7 Å². The molecule has 0 radical (unpaired) electrons. The molecule has 0 aromatic carbocycles. The number of amides is 2. The van der Waals surface area contributed by atoms with Gasteiger partial charge in [0.05, 0.1) is 35.9 Å². The number of carbonyl (C=O) groups excluding carboxylic acids is 3. The Hall–Kier alpha value is -2.24. The van der Waals surface area contributed by atoms with Crippen LogP contribution in [0.25, 0.3) is 0 Å². The van der Waals surface area contributed by atoms with Gasteiger partial charge in [0, 0.05) is 57.4 Å². The molecular weight excluding hydrogens is 577 g/mol. The molecule has 0 bridgehead atoms. The van der Waals surface area contributed by atoms with E-state index < -0.39 is 35.9 Å². The van der Waals surface area contributed by atoms with Crippen LogP contribution in [0.15, 0.2) is 11.8 Å². The Labute approximate surface area is 267 Å². The number of hydrogen-bond donors (Lipinski definition) is 1. The maximum Gasteiger partial charge on any atom is 0.407 e. The molecule has 0 aromatic heterocycles. The van der Waals surface area contributed by atoms with Crippen LogP contribution in [-0.2, 0) is 19.1 Å². The van der Waals surface area contributed by atoms with Crippen molar-refractivity contribution in [2.45, 2.75) is 120 Å². The molecule has 7 aliphatic rings. The highest BCUT2D eigenvalue weighted by molar-refractivity contribution is 6.20. The second-order valence-corrected chi connectivity index (χ2v) is 15.9. The number of rotatable bonds is 3. The lowest BCUT2D eigenvalue weighted by atomic mass is 9.64. The Kier molecular flexibility index (Phi) is 8.42. The molecule has 10 unspecified atom stereocenters. The number of nitrogens with zero attached hydrogens (tertiary/aromatic N) is 4. The number of fused-ring (bicyclic) bond motifs is 3. The fourth-order valence-electron chi connectivity index (χ4n) is 9.69. The summed E-state index contributed by atoms with van der Waals surface area (Å²) in [4.78, 5) is 49.0. The van der Waals surface area contributed by atoms with Gasteiger partial charge in [-0.3, -0.25) is 14.5 Å². The van der Waals surface area contributed by atoms with Crippen molar-refractivity contribution in [3.05, 3.63) is 11.8 Å². The summed E-state index contributed by atoms with van der Waals surface area (Å²) in [6.45, 7) is 9.41. The predicted octanol–water partition coefficient (Wildman–Crippen LogP) is 2.96. The minimum atomic E-state index is -1.28.